The fourth-order valence-electron chi connectivity index (χ4n) is 2.50. The van der Waals surface area contributed by atoms with Crippen LogP contribution in [0.5, 0.6) is 0 Å². The highest BCUT2D eigenvalue weighted by atomic mass is 35.5. The minimum atomic E-state index is -0.0822. The Morgan fingerprint density at radius 3 is 2.48 bits per heavy atom. The third kappa shape index (κ3) is 4.81. The quantitative estimate of drug-likeness (QED) is 0.667. The Hall–Kier alpha value is -2.36. The summed E-state index contributed by atoms with van der Waals surface area (Å²) in [6.07, 6.45) is 3.84. The Morgan fingerprint density at radius 2 is 1.72 bits per heavy atom. The summed E-state index contributed by atoms with van der Waals surface area (Å²) >= 11 is 12.0. The average molecular weight is 372 g/mol. The standard InChI is InChI=1S/C20H16Cl2N2O/c21-18-9-8-16(19(22)11-18)12-23-20(25)14-24-10-4-7-17(13-24)15-5-2-1-3-6-15/h1-11,13H,12,14H2/p+1. The molecule has 0 aliphatic carbocycles. The van der Waals surface area contributed by atoms with E-state index in [9.17, 15) is 4.79 Å². The second kappa shape index (κ2) is 8.15. The lowest BCUT2D eigenvalue weighted by Crippen LogP contribution is -2.42. The number of hydrogen-bond acceptors (Lipinski definition) is 1. The molecule has 0 unspecified atom stereocenters. The first-order valence-electron chi connectivity index (χ1n) is 7.87. The number of nitrogens with one attached hydrogen (secondary N) is 1. The molecule has 0 spiro atoms. The average Bonchev–Trinajstić information content (AvgIpc) is 2.62. The minimum absolute atomic E-state index is 0.0822. The van der Waals surface area contributed by atoms with Gasteiger partial charge in [-0.15, -0.1) is 0 Å². The highest BCUT2D eigenvalue weighted by Crippen LogP contribution is 2.20. The lowest BCUT2D eigenvalue weighted by Gasteiger charge is -2.06. The molecule has 0 bridgehead atoms. The Labute approximate surface area is 156 Å². The number of rotatable bonds is 5. The Morgan fingerprint density at radius 1 is 0.960 bits per heavy atom. The van der Waals surface area contributed by atoms with Gasteiger partial charge in [0.1, 0.15) is 0 Å². The van der Waals surface area contributed by atoms with E-state index in [0.29, 0.717) is 16.6 Å². The first kappa shape index (κ1) is 17.5. The van der Waals surface area contributed by atoms with Gasteiger partial charge < -0.3 is 5.32 Å². The number of benzene rings is 2. The van der Waals surface area contributed by atoms with E-state index in [1.807, 2.05) is 65.5 Å². The van der Waals surface area contributed by atoms with Gasteiger partial charge in [-0.05, 0) is 29.3 Å². The van der Waals surface area contributed by atoms with E-state index in [4.69, 9.17) is 23.2 Å². The summed E-state index contributed by atoms with van der Waals surface area (Å²) in [4.78, 5) is 12.2. The molecule has 126 valence electrons. The molecule has 3 rings (SSSR count). The molecule has 5 heteroatoms. The summed E-state index contributed by atoms with van der Waals surface area (Å²) in [5.74, 6) is -0.0822. The predicted octanol–water partition coefficient (Wildman–Crippen LogP) is 4.26. The number of carbonyl (C=O) groups is 1. The van der Waals surface area contributed by atoms with Crippen molar-refractivity contribution in [2.24, 2.45) is 0 Å². The predicted molar refractivity (Wildman–Crippen MR) is 100 cm³/mol. The lowest BCUT2D eigenvalue weighted by atomic mass is 10.1. The smallest absolute Gasteiger partial charge is 0.286 e. The van der Waals surface area contributed by atoms with Gasteiger partial charge in [-0.3, -0.25) is 4.79 Å². The van der Waals surface area contributed by atoms with Crippen LogP contribution < -0.4 is 9.88 Å². The molecule has 0 aliphatic rings. The van der Waals surface area contributed by atoms with Gasteiger partial charge in [-0.1, -0.05) is 59.6 Å². The molecule has 3 nitrogen and oxygen atoms in total. The number of nitrogens with zero attached hydrogens (tertiary/aromatic N) is 1. The number of halogens is 2. The van der Waals surface area contributed by atoms with E-state index in [2.05, 4.69) is 5.32 Å². The van der Waals surface area contributed by atoms with E-state index in [0.717, 1.165) is 16.7 Å². The molecule has 1 heterocycles. The maximum absolute atomic E-state index is 12.2. The second-order valence-electron chi connectivity index (χ2n) is 5.64. The third-order valence-electron chi connectivity index (χ3n) is 3.78. The molecule has 2 aromatic carbocycles. The van der Waals surface area contributed by atoms with Crippen LogP contribution in [0.3, 0.4) is 0 Å². The van der Waals surface area contributed by atoms with Crippen molar-refractivity contribution in [1.29, 1.82) is 0 Å². The van der Waals surface area contributed by atoms with Crippen molar-refractivity contribution in [3.8, 4) is 11.1 Å². The highest BCUT2D eigenvalue weighted by Gasteiger charge is 2.11. The number of aromatic nitrogens is 1. The van der Waals surface area contributed by atoms with Gasteiger partial charge in [0, 0.05) is 28.2 Å². The van der Waals surface area contributed by atoms with Gasteiger partial charge in [0.25, 0.3) is 5.91 Å². The van der Waals surface area contributed by atoms with Crippen molar-refractivity contribution >= 4 is 29.1 Å². The summed E-state index contributed by atoms with van der Waals surface area (Å²) in [5.41, 5.74) is 3.02. The van der Waals surface area contributed by atoms with Crippen LogP contribution in [0.25, 0.3) is 11.1 Å². The van der Waals surface area contributed by atoms with Crippen molar-refractivity contribution < 1.29 is 9.36 Å². The van der Waals surface area contributed by atoms with Gasteiger partial charge in [0.2, 0.25) is 6.54 Å². The molecular formula is C20H17Cl2N2O+. The van der Waals surface area contributed by atoms with Crippen molar-refractivity contribution in [3.63, 3.8) is 0 Å². The van der Waals surface area contributed by atoms with E-state index >= 15 is 0 Å². The highest BCUT2D eigenvalue weighted by molar-refractivity contribution is 6.35. The van der Waals surface area contributed by atoms with Gasteiger partial charge in [-0.25, -0.2) is 0 Å². The maximum Gasteiger partial charge on any atom is 0.286 e. The molecule has 0 radical (unpaired) electrons. The van der Waals surface area contributed by atoms with Crippen LogP contribution in [-0.4, -0.2) is 5.91 Å². The van der Waals surface area contributed by atoms with Crippen LogP contribution in [0.2, 0.25) is 10.0 Å². The molecule has 25 heavy (non-hydrogen) atoms. The van der Waals surface area contributed by atoms with Gasteiger partial charge in [0.05, 0.1) is 0 Å². The van der Waals surface area contributed by atoms with Crippen molar-refractivity contribution in [2.75, 3.05) is 0 Å². The normalized spacial score (nSPS) is 10.5. The summed E-state index contributed by atoms with van der Waals surface area (Å²) in [6.45, 7) is 0.611. The lowest BCUT2D eigenvalue weighted by molar-refractivity contribution is -0.684. The number of hydrogen-bond donors (Lipinski definition) is 1. The Kier molecular flexibility index (Phi) is 5.69. The molecule has 0 saturated carbocycles. The number of amides is 1. The molecular weight excluding hydrogens is 355 g/mol. The van der Waals surface area contributed by atoms with Crippen molar-refractivity contribution in [1.82, 2.24) is 5.32 Å². The van der Waals surface area contributed by atoms with Crippen LogP contribution >= 0.6 is 23.2 Å². The molecule has 3 aromatic rings. The fourth-order valence-corrected chi connectivity index (χ4v) is 2.98. The van der Waals surface area contributed by atoms with E-state index < -0.39 is 0 Å². The number of carbonyl (C=O) groups excluding carboxylic acids is 1. The van der Waals surface area contributed by atoms with Gasteiger partial charge in [-0.2, -0.15) is 4.57 Å². The SMILES string of the molecule is O=C(C[n+]1cccc(-c2ccccc2)c1)NCc1ccc(Cl)cc1Cl. The summed E-state index contributed by atoms with van der Waals surface area (Å²) in [7, 11) is 0. The number of pyridine rings is 1. The zero-order valence-corrected chi connectivity index (χ0v) is 15.0. The van der Waals surface area contributed by atoms with Crippen LogP contribution in [0, 0.1) is 0 Å². The molecule has 0 aliphatic heterocycles. The minimum Gasteiger partial charge on any atom is -0.346 e. The van der Waals surface area contributed by atoms with E-state index in [1.165, 1.54) is 0 Å². The van der Waals surface area contributed by atoms with E-state index in [1.54, 1.807) is 12.1 Å². The molecule has 1 amide bonds. The zero-order chi connectivity index (χ0) is 17.6. The topological polar surface area (TPSA) is 33.0 Å². The summed E-state index contributed by atoms with van der Waals surface area (Å²) in [6, 6.07) is 19.3. The zero-order valence-electron chi connectivity index (χ0n) is 13.5. The largest absolute Gasteiger partial charge is 0.346 e. The van der Waals surface area contributed by atoms with Crippen molar-refractivity contribution in [3.05, 3.63) is 88.7 Å². The Balaban J connectivity index is 1.63. The summed E-state index contributed by atoms with van der Waals surface area (Å²) < 4.78 is 1.86. The van der Waals surface area contributed by atoms with Crippen LogP contribution in [-0.2, 0) is 17.9 Å². The molecule has 0 saturated heterocycles. The molecule has 1 N–H and O–H groups in total. The fraction of sp³-hybridized carbons (Fsp3) is 0.100. The van der Waals surface area contributed by atoms with E-state index in [-0.39, 0.29) is 12.5 Å². The second-order valence-corrected chi connectivity index (χ2v) is 6.49. The molecule has 0 fully saturated rings. The van der Waals surface area contributed by atoms with Crippen LogP contribution in [0.1, 0.15) is 5.56 Å². The van der Waals surface area contributed by atoms with Gasteiger partial charge in [0.15, 0.2) is 12.4 Å². The maximum atomic E-state index is 12.2. The summed E-state index contributed by atoms with van der Waals surface area (Å²) in [5, 5.41) is 4.00. The first-order chi connectivity index (χ1) is 12.1. The third-order valence-corrected chi connectivity index (χ3v) is 4.37. The monoisotopic (exact) mass is 371 g/mol. The van der Waals surface area contributed by atoms with Gasteiger partial charge >= 0.3 is 0 Å². The molecule has 0 atom stereocenters. The van der Waals surface area contributed by atoms with Crippen molar-refractivity contribution in [2.45, 2.75) is 13.1 Å². The first-order valence-corrected chi connectivity index (χ1v) is 8.62. The van der Waals surface area contributed by atoms with Crippen LogP contribution in [0.15, 0.2) is 73.1 Å². The van der Waals surface area contributed by atoms with Crippen LogP contribution in [0.4, 0.5) is 0 Å². The molecule has 1 aromatic heterocycles. The Bertz CT molecular complexity index is 882.